The molecule has 1 fully saturated rings. The Kier molecular flexibility index (Phi) is 6.83. The van der Waals surface area contributed by atoms with Crippen LogP contribution >= 0.6 is 0 Å². The van der Waals surface area contributed by atoms with E-state index in [1.165, 1.54) is 0 Å². The highest BCUT2D eigenvalue weighted by molar-refractivity contribution is 6.02. The number of esters is 2. The number of rotatable bonds is 7. The van der Waals surface area contributed by atoms with Gasteiger partial charge in [0.1, 0.15) is 5.75 Å². The number of benzene rings is 1. The minimum Gasteiger partial charge on any atom is -0.497 e. The van der Waals surface area contributed by atoms with Gasteiger partial charge < -0.3 is 14.2 Å². The number of methoxy groups -OCH3 is 1. The van der Waals surface area contributed by atoms with Crippen molar-refractivity contribution in [2.75, 3.05) is 20.3 Å². The second-order valence-corrected chi connectivity index (χ2v) is 6.46. The summed E-state index contributed by atoms with van der Waals surface area (Å²) < 4.78 is 15.8. The SMILES string of the molecule is C=C(c1ccc(OC)cc1)C1CCCCC1(C(=O)OCC)C(=O)OCC. The number of ether oxygens (including phenoxy) is 3. The third-order valence-electron chi connectivity index (χ3n) is 5.07. The lowest BCUT2D eigenvalue weighted by atomic mass is 9.62. The molecule has 26 heavy (non-hydrogen) atoms. The lowest BCUT2D eigenvalue weighted by Crippen LogP contribution is -2.49. The van der Waals surface area contributed by atoms with E-state index in [-0.39, 0.29) is 19.1 Å². The summed E-state index contributed by atoms with van der Waals surface area (Å²) in [4.78, 5) is 25.8. The molecule has 1 aromatic carbocycles. The lowest BCUT2D eigenvalue weighted by molar-refractivity contribution is -0.177. The second-order valence-electron chi connectivity index (χ2n) is 6.46. The Bertz CT molecular complexity index is 629. The summed E-state index contributed by atoms with van der Waals surface area (Å²) >= 11 is 0. The van der Waals surface area contributed by atoms with E-state index in [2.05, 4.69) is 6.58 Å². The topological polar surface area (TPSA) is 61.8 Å². The molecular weight excluding hydrogens is 332 g/mol. The number of hydrogen-bond donors (Lipinski definition) is 0. The largest absolute Gasteiger partial charge is 0.497 e. The maximum atomic E-state index is 12.9. The van der Waals surface area contributed by atoms with E-state index in [4.69, 9.17) is 14.2 Å². The summed E-state index contributed by atoms with van der Waals surface area (Å²) in [6, 6.07) is 7.49. The van der Waals surface area contributed by atoms with Crippen LogP contribution in [0.4, 0.5) is 0 Å². The van der Waals surface area contributed by atoms with Crippen molar-refractivity contribution in [3.63, 3.8) is 0 Å². The lowest BCUT2D eigenvalue weighted by Gasteiger charge is -2.40. The van der Waals surface area contributed by atoms with E-state index in [9.17, 15) is 9.59 Å². The molecule has 5 nitrogen and oxygen atoms in total. The van der Waals surface area contributed by atoms with E-state index >= 15 is 0 Å². The van der Waals surface area contributed by atoms with Gasteiger partial charge in [-0.2, -0.15) is 0 Å². The quantitative estimate of drug-likeness (QED) is 0.543. The van der Waals surface area contributed by atoms with Crippen molar-refractivity contribution in [3.05, 3.63) is 36.4 Å². The normalized spacial score (nSPS) is 18.7. The van der Waals surface area contributed by atoms with E-state index in [1.807, 2.05) is 24.3 Å². The Morgan fingerprint density at radius 3 is 2.15 bits per heavy atom. The summed E-state index contributed by atoms with van der Waals surface area (Å²) in [6.07, 6.45) is 2.83. The van der Waals surface area contributed by atoms with Crippen LogP contribution in [0, 0.1) is 11.3 Å². The molecule has 142 valence electrons. The fraction of sp³-hybridized carbons (Fsp3) is 0.524. The first kappa shape index (κ1) is 20.0. The highest BCUT2D eigenvalue weighted by atomic mass is 16.6. The minimum atomic E-state index is -1.32. The Morgan fingerprint density at radius 2 is 1.65 bits per heavy atom. The smallest absolute Gasteiger partial charge is 0.324 e. The van der Waals surface area contributed by atoms with E-state index in [0.717, 1.165) is 29.7 Å². The van der Waals surface area contributed by atoms with Crippen LogP contribution in [0.15, 0.2) is 30.8 Å². The van der Waals surface area contributed by atoms with Gasteiger partial charge in [0, 0.05) is 5.92 Å². The first-order valence-corrected chi connectivity index (χ1v) is 9.18. The van der Waals surface area contributed by atoms with Gasteiger partial charge in [0.15, 0.2) is 5.41 Å². The van der Waals surface area contributed by atoms with Crippen LogP contribution in [0.2, 0.25) is 0 Å². The summed E-state index contributed by atoms with van der Waals surface area (Å²) in [6.45, 7) is 8.16. The Hall–Kier alpha value is -2.30. The summed E-state index contributed by atoms with van der Waals surface area (Å²) in [5, 5.41) is 0. The molecule has 2 rings (SSSR count). The van der Waals surface area contributed by atoms with Gasteiger partial charge in [-0.05, 0) is 50.0 Å². The van der Waals surface area contributed by atoms with Crippen molar-refractivity contribution in [1.29, 1.82) is 0 Å². The molecule has 0 amide bonds. The van der Waals surface area contributed by atoms with E-state index < -0.39 is 17.4 Å². The highest BCUT2D eigenvalue weighted by Gasteiger charge is 2.56. The number of carbonyl (C=O) groups is 2. The zero-order valence-corrected chi connectivity index (χ0v) is 15.9. The molecule has 1 aliphatic carbocycles. The monoisotopic (exact) mass is 360 g/mol. The molecule has 0 heterocycles. The Labute approximate surface area is 155 Å². The molecule has 0 spiro atoms. The van der Waals surface area contributed by atoms with Crippen molar-refractivity contribution in [2.24, 2.45) is 11.3 Å². The molecule has 0 aromatic heterocycles. The predicted octanol–water partition coefficient (Wildman–Crippen LogP) is 4.01. The molecule has 1 saturated carbocycles. The van der Waals surface area contributed by atoms with Gasteiger partial charge in [-0.25, -0.2) is 0 Å². The van der Waals surface area contributed by atoms with Crippen LogP contribution in [0.3, 0.4) is 0 Å². The van der Waals surface area contributed by atoms with Crippen LogP contribution < -0.4 is 4.74 Å². The fourth-order valence-corrected chi connectivity index (χ4v) is 3.74. The van der Waals surface area contributed by atoms with E-state index in [1.54, 1.807) is 21.0 Å². The van der Waals surface area contributed by atoms with Crippen molar-refractivity contribution < 1.29 is 23.8 Å². The molecule has 1 atom stereocenters. The molecule has 1 aromatic rings. The zero-order valence-electron chi connectivity index (χ0n) is 15.9. The van der Waals surface area contributed by atoms with Gasteiger partial charge >= 0.3 is 11.9 Å². The molecule has 5 heteroatoms. The van der Waals surface area contributed by atoms with Crippen molar-refractivity contribution in [1.82, 2.24) is 0 Å². The zero-order chi connectivity index (χ0) is 19.2. The molecule has 0 bridgehead atoms. The van der Waals surface area contributed by atoms with Gasteiger partial charge in [-0.15, -0.1) is 0 Å². The average Bonchev–Trinajstić information content (AvgIpc) is 2.67. The van der Waals surface area contributed by atoms with Crippen LogP contribution in [0.25, 0.3) is 5.57 Å². The predicted molar refractivity (Wildman–Crippen MR) is 99.7 cm³/mol. The number of hydrogen-bond acceptors (Lipinski definition) is 5. The first-order chi connectivity index (χ1) is 12.5. The minimum absolute atomic E-state index is 0.224. The third kappa shape index (κ3) is 3.76. The van der Waals surface area contributed by atoms with Gasteiger partial charge in [-0.1, -0.05) is 31.6 Å². The van der Waals surface area contributed by atoms with Gasteiger partial charge in [0.2, 0.25) is 0 Å². The molecular formula is C21H28O5. The van der Waals surface area contributed by atoms with Gasteiger partial charge in [0.25, 0.3) is 0 Å². The first-order valence-electron chi connectivity index (χ1n) is 9.18. The number of allylic oxidation sites excluding steroid dienone is 1. The molecule has 0 saturated heterocycles. The Morgan fingerprint density at radius 1 is 1.08 bits per heavy atom. The standard InChI is InChI=1S/C21H28O5/c1-5-25-19(22)21(20(23)26-6-2)14-8-7-9-18(21)15(3)16-10-12-17(24-4)13-11-16/h10-13,18H,3,5-9,14H2,1-2,4H3. The second kappa shape index (κ2) is 8.88. The third-order valence-corrected chi connectivity index (χ3v) is 5.07. The molecule has 1 unspecified atom stereocenters. The molecule has 0 aliphatic heterocycles. The van der Waals surface area contributed by atoms with Gasteiger partial charge in [0.05, 0.1) is 20.3 Å². The summed E-state index contributed by atoms with van der Waals surface area (Å²) in [7, 11) is 1.61. The molecule has 0 radical (unpaired) electrons. The highest BCUT2D eigenvalue weighted by Crippen LogP contribution is 2.49. The summed E-state index contributed by atoms with van der Waals surface area (Å²) in [5.74, 6) is -0.606. The Balaban J connectivity index is 2.43. The van der Waals surface area contributed by atoms with Crippen molar-refractivity contribution in [3.8, 4) is 5.75 Å². The van der Waals surface area contributed by atoms with Crippen molar-refractivity contribution in [2.45, 2.75) is 39.5 Å². The summed E-state index contributed by atoms with van der Waals surface area (Å²) in [5.41, 5.74) is 0.325. The van der Waals surface area contributed by atoms with Crippen LogP contribution in [-0.4, -0.2) is 32.3 Å². The van der Waals surface area contributed by atoms with Crippen LogP contribution in [0.5, 0.6) is 5.75 Å². The van der Waals surface area contributed by atoms with Crippen molar-refractivity contribution >= 4 is 17.5 Å². The fourth-order valence-electron chi connectivity index (χ4n) is 3.74. The van der Waals surface area contributed by atoms with Crippen LogP contribution in [0.1, 0.15) is 45.1 Å². The van der Waals surface area contributed by atoms with E-state index in [0.29, 0.717) is 12.8 Å². The number of carbonyl (C=O) groups excluding carboxylic acids is 2. The van der Waals surface area contributed by atoms with Gasteiger partial charge in [-0.3, -0.25) is 9.59 Å². The molecule has 1 aliphatic rings. The maximum Gasteiger partial charge on any atom is 0.324 e. The van der Waals surface area contributed by atoms with Crippen LogP contribution in [-0.2, 0) is 19.1 Å². The molecule has 0 N–H and O–H groups in total. The average molecular weight is 360 g/mol. The maximum absolute atomic E-state index is 12.9.